The maximum atomic E-state index is 11.4. The molecule has 134 valence electrons. The SMILES string of the molecule is CCCCCCCCCC(CCCCC(O)CC)S(=O)(=O)O. The topological polar surface area (TPSA) is 74.6 Å². The third kappa shape index (κ3) is 12.4. The maximum Gasteiger partial charge on any atom is 0.267 e. The van der Waals surface area contributed by atoms with Gasteiger partial charge in [0.1, 0.15) is 0 Å². The summed E-state index contributed by atoms with van der Waals surface area (Å²) in [5.74, 6) is 0. The average molecular weight is 337 g/mol. The van der Waals surface area contributed by atoms with Crippen molar-refractivity contribution in [3.05, 3.63) is 0 Å². The van der Waals surface area contributed by atoms with Crippen molar-refractivity contribution in [3.8, 4) is 0 Å². The Labute approximate surface area is 137 Å². The summed E-state index contributed by atoms with van der Waals surface area (Å²) in [7, 11) is -3.94. The van der Waals surface area contributed by atoms with E-state index in [2.05, 4.69) is 6.92 Å². The summed E-state index contributed by atoms with van der Waals surface area (Å²) in [6.07, 6.45) is 11.9. The van der Waals surface area contributed by atoms with E-state index in [0.717, 1.165) is 38.5 Å². The molecule has 0 saturated heterocycles. The van der Waals surface area contributed by atoms with E-state index in [1.807, 2.05) is 6.92 Å². The standard InChI is InChI=1S/C17H36O4S/c1-3-5-6-7-8-9-10-14-17(22(19,20)21)15-12-11-13-16(18)4-2/h16-18H,3-15H2,1-2H3,(H,19,20,21). The summed E-state index contributed by atoms with van der Waals surface area (Å²) in [4.78, 5) is 0. The molecule has 22 heavy (non-hydrogen) atoms. The quantitative estimate of drug-likeness (QED) is 0.335. The molecule has 0 spiro atoms. The van der Waals surface area contributed by atoms with Gasteiger partial charge in [0.15, 0.2) is 0 Å². The molecule has 0 aliphatic carbocycles. The zero-order valence-electron chi connectivity index (χ0n) is 14.5. The first kappa shape index (κ1) is 21.9. The Bertz CT molecular complexity index is 341. The predicted molar refractivity (Wildman–Crippen MR) is 92.7 cm³/mol. The van der Waals surface area contributed by atoms with Crippen LogP contribution < -0.4 is 0 Å². The average Bonchev–Trinajstić information content (AvgIpc) is 2.46. The Morgan fingerprint density at radius 2 is 1.23 bits per heavy atom. The molecule has 4 nitrogen and oxygen atoms in total. The van der Waals surface area contributed by atoms with Crippen LogP contribution in [0, 0.1) is 0 Å². The molecule has 0 heterocycles. The van der Waals surface area contributed by atoms with Crippen LogP contribution in [0.25, 0.3) is 0 Å². The lowest BCUT2D eigenvalue weighted by molar-refractivity contribution is 0.156. The van der Waals surface area contributed by atoms with Gasteiger partial charge in [-0.05, 0) is 25.7 Å². The fourth-order valence-corrected chi connectivity index (χ4v) is 3.66. The van der Waals surface area contributed by atoms with Gasteiger partial charge in [-0.2, -0.15) is 8.42 Å². The predicted octanol–water partition coefficient (Wildman–Crippen LogP) is 4.71. The molecular formula is C17H36O4S. The Balaban J connectivity index is 3.86. The van der Waals surface area contributed by atoms with E-state index in [1.165, 1.54) is 25.7 Å². The number of hydrogen-bond acceptors (Lipinski definition) is 3. The van der Waals surface area contributed by atoms with Gasteiger partial charge >= 0.3 is 0 Å². The zero-order valence-corrected chi connectivity index (χ0v) is 15.3. The van der Waals surface area contributed by atoms with Gasteiger partial charge in [0.25, 0.3) is 10.1 Å². The fraction of sp³-hybridized carbons (Fsp3) is 1.00. The van der Waals surface area contributed by atoms with Gasteiger partial charge in [-0.15, -0.1) is 0 Å². The summed E-state index contributed by atoms with van der Waals surface area (Å²) in [5.41, 5.74) is 0. The Hall–Kier alpha value is -0.130. The van der Waals surface area contributed by atoms with Crippen molar-refractivity contribution in [2.75, 3.05) is 0 Å². The first-order chi connectivity index (χ1) is 10.4. The van der Waals surface area contributed by atoms with Gasteiger partial charge in [-0.25, -0.2) is 0 Å². The van der Waals surface area contributed by atoms with Gasteiger partial charge in [0.2, 0.25) is 0 Å². The molecule has 0 fully saturated rings. The molecule has 0 aromatic rings. The number of aliphatic hydroxyl groups is 1. The molecule has 2 unspecified atom stereocenters. The number of rotatable bonds is 15. The highest BCUT2D eigenvalue weighted by atomic mass is 32.2. The molecule has 0 rings (SSSR count). The lowest BCUT2D eigenvalue weighted by atomic mass is 10.0. The van der Waals surface area contributed by atoms with E-state index in [0.29, 0.717) is 19.3 Å². The molecule has 0 aromatic heterocycles. The highest BCUT2D eigenvalue weighted by molar-refractivity contribution is 7.86. The molecular weight excluding hydrogens is 300 g/mol. The van der Waals surface area contributed by atoms with E-state index in [4.69, 9.17) is 0 Å². The summed E-state index contributed by atoms with van der Waals surface area (Å²) in [6, 6.07) is 0. The molecule has 0 amide bonds. The van der Waals surface area contributed by atoms with E-state index >= 15 is 0 Å². The van der Waals surface area contributed by atoms with Crippen LogP contribution in [0.1, 0.15) is 97.3 Å². The van der Waals surface area contributed by atoms with Gasteiger partial charge in [-0.1, -0.05) is 71.6 Å². The van der Waals surface area contributed by atoms with Gasteiger partial charge in [-0.3, -0.25) is 4.55 Å². The molecule has 2 atom stereocenters. The second-order valence-corrected chi connectivity index (χ2v) is 8.09. The number of aliphatic hydroxyl groups excluding tert-OH is 1. The summed E-state index contributed by atoms with van der Waals surface area (Å²) < 4.78 is 32.2. The van der Waals surface area contributed by atoms with Crippen LogP contribution >= 0.6 is 0 Å². The fourth-order valence-electron chi connectivity index (χ4n) is 2.73. The Morgan fingerprint density at radius 1 is 0.773 bits per heavy atom. The minimum absolute atomic E-state index is 0.285. The molecule has 0 bridgehead atoms. The monoisotopic (exact) mass is 336 g/mol. The zero-order chi connectivity index (χ0) is 16.8. The van der Waals surface area contributed by atoms with Crippen molar-refractivity contribution in [2.45, 2.75) is 109 Å². The van der Waals surface area contributed by atoms with Gasteiger partial charge < -0.3 is 5.11 Å². The molecule has 0 aliphatic rings. The van der Waals surface area contributed by atoms with Crippen molar-refractivity contribution in [1.29, 1.82) is 0 Å². The maximum absolute atomic E-state index is 11.4. The smallest absolute Gasteiger partial charge is 0.267 e. The third-order valence-corrected chi connectivity index (χ3v) is 5.65. The highest BCUT2D eigenvalue weighted by Crippen LogP contribution is 2.19. The van der Waals surface area contributed by atoms with Crippen LogP contribution in [-0.2, 0) is 10.1 Å². The minimum Gasteiger partial charge on any atom is -0.393 e. The second-order valence-electron chi connectivity index (χ2n) is 6.39. The van der Waals surface area contributed by atoms with Crippen molar-refractivity contribution in [1.82, 2.24) is 0 Å². The first-order valence-corrected chi connectivity index (χ1v) is 10.6. The number of hydrogen-bond donors (Lipinski definition) is 2. The molecule has 0 radical (unpaired) electrons. The van der Waals surface area contributed by atoms with Crippen LogP contribution in [0.5, 0.6) is 0 Å². The molecule has 0 saturated carbocycles. The van der Waals surface area contributed by atoms with Gasteiger partial charge in [0, 0.05) is 0 Å². The lowest BCUT2D eigenvalue weighted by Gasteiger charge is -2.14. The van der Waals surface area contributed by atoms with Crippen LogP contribution in [0.4, 0.5) is 0 Å². The van der Waals surface area contributed by atoms with Crippen LogP contribution in [-0.4, -0.2) is 29.4 Å². The van der Waals surface area contributed by atoms with E-state index in [-0.39, 0.29) is 6.10 Å². The summed E-state index contributed by atoms with van der Waals surface area (Å²) >= 11 is 0. The largest absolute Gasteiger partial charge is 0.393 e. The molecule has 0 aromatic carbocycles. The normalized spacial score (nSPS) is 14.9. The first-order valence-electron chi connectivity index (χ1n) is 9.06. The highest BCUT2D eigenvalue weighted by Gasteiger charge is 2.21. The van der Waals surface area contributed by atoms with Crippen LogP contribution in [0.3, 0.4) is 0 Å². The van der Waals surface area contributed by atoms with E-state index in [9.17, 15) is 18.1 Å². The van der Waals surface area contributed by atoms with Crippen molar-refractivity contribution in [3.63, 3.8) is 0 Å². The summed E-state index contributed by atoms with van der Waals surface area (Å²) in [6.45, 7) is 4.13. The van der Waals surface area contributed by atoms with Crippen LogP contribution in [0.2, 0.25) is 0 Å². The van der Waals surface area contributed by atoms with Crippen molar-refractivity contribution < 1.29 is 18.1 Å². The molecule has 5 heteroatoms. The number of unbranched alkanes of at least 4 members (excludes halogenated alkanes) is 7. The summed E-state index contributed by atoms with van der Waals surface area (Å²) in [5, 5.41) is 8.85. The second kappa shape index (κ2) is 13.3. The molecule has 0 aliphatic heterocycles. The minimum atomic E-state index is -3.94. The van der Waals surface area contributed by atoms with Crippen LogP contribution in [0.15, 0.2) is 0 Å². The Kier molecular flexibility index (Phi) is 13.2. The third-order valence-electron chi connectivity index (χ3n) is 4.34. The van der Waals surface area contributed by atoms with Crippen molar-refractivity contribution in [2.24, 2.45) is 0 Å². The van der Waals surface area contributed by atoms with E-state index in [1.54, 1.807) is 0 Å². The van der Waals surface area contributed by atoms with E-state index < -0.39 is 15.4 Å². The molecule has 2 N–H and O–H groups in total. The van der Waals surface area contributed by atoms with Gasteiger partial charge in [0.05, 0.1) is 11.4 Å². The van der Waals surface area contributed by atoms with Crippen molar-refractivity contribution >= 4 is 10.1 Å². The lowest BCUT2D eigenvalue weighted by Crippen LogP contribution is -2.20. The Morgan fingerprint density at radius 3 is 1.73 bits per heavy atom.